The number of aromatic nitrogens is 2. The first-order chi connectivity index (χ1) is 8.79. The van der Waals surface area contributed by atoms with Crippen LogP contribution in [0.15, 0.2) is 33.9 Å². The standard InChI is InChI=1S/C12H9FN2O2S/c13-10-5-3-4-9(8-10)11-14-15-12(17-11)18-7-2-1-6-16/h3-5,8,16H,6-7H2. The molecule has 0 aliphatic heterocycles. The molecule has 1 aromatic heterocycles. The van der Waals surface area contributed by atoms with E-state index in [4.69, 9.17) is 9.52 Å². The normalized spacial score (nSPS) is 9.89. The molecule has 1 aromatic carbocycles. The zero-order valence-corrected chi connectivity index (χ0v) is 10.1. The third kappa shape index (κ3) is 3.32. The highest BCUT2D eigenvalue weighted by molar-refractivity contribution is 7.99. The Bertz CT molecular complexity index is 589. The van der Waals surface area contributed by atoms with Crippen LogP contribution in [-0.2, 0) is 0 Å². The maximum atomic E-state index is 13.0. The summed E-state index contributed by atoms with van der Waals surface area (Å²) in [5.74, 6) is 5.59. The van der Waals surface area contributed by atoms with Crippen molar-refractivity contribution in [3.63, 3.8) is 0 Å². The minimum Gasteiger partial charge on any atom is -0.411 e. The van der Waals surface area contributed by atoms with Gasteiger partial charge in [0, 0.05) is 5.56 Å². The third-order valence-electron chi connectivity index (χ3n) is 1.95. The van der Waals surface area contributed by atoms with Crippen LogP contribution in [0.2, 0.25) is 0 Å². The number of aliphatic hydroxyl groups is 1. The highest BCUT2D eigenvalue weighted by Crippen LogP contribution is 2.23. The maximum absolute atomic E-state index is 13.0. The van der Waals surface area contributed by atoms with Crippen molar-refractivity contribution < 1.29 is 13.9 Å². The molecule has 0 atom stereocenters. The molecule has 0 saturated carbocycles. The van der Waals surface area contributed by atoms with Gasteiger partial charge in [0.1, 0.15) is 12.4 Å². The first-order valence-corrected chi connectivity index (χ1v) is 6.07. The summed E-state index contributed by atoms with van der Waals surface area (Å²) in [4.78, 5) is 0. The van der Waals surface area contributed by atoms with Crippen LogP contribution >= 0.6 is 11.8 Å². The molecule has 1 heterocycles. The molecule has 0 radical (unpaired) electrons. The van der Waals surface area contributed by atoms with Crippen molar-refractivity contribution in [1.82, 2.24) is 10.2 Å². The first kappa shape index (κ1) is 12.6. The lowest BCUT2D eigenvalue weighted by Gasteiger charge is -1.93. The van der Waals surface area contributed by atoms with Gasteiger partial charge in [0.15, 0.2) is 0 Å². The van der Waals surface area contributed by atoms with Crippen LogP contribution in [0.1, 0.15) is 0 Å². The fourth-order valence-electron chi connectivity index (χ4n) is 1.21. The van der Waals surface area contributed by atoms with Crippen molar-refractivity contribution in [2.24, 2.45) is 0 Å². The van der Waals surface area contributed by atoms with E-state index in [2.05, 4.69) is 22.0 Å². The van der Waals surface area contributed by atoms with E-state index >= 15 is 0 Å². The van der Waals surface area contributed by atoms with Gasteiger partial charge in [-0.25, -0.2) is 4.39 Å². The van der Waals surface area contributed by atoms with E-state index < -0.39 is 0 Å². The van der Waals surface area contributed by atoms with E-state index in [-0.39, 0.29) is 18.3 Å². The second-order valence-electron chi connectivity index (χ2n) is 3.18. The van der Waals surface area contributed by atoms with Crippen LogP contribution in [0.3, 0.4) is 0 Å². The molecule has 0 aliphatic carbocycles. The summed E-state index contributed by atoms with van der Waals surface area (Å²) in [6.07, 6.45) is 0. The fourth-order valence-corrected chi connectivity index (χ4v) is 1.75. The Morgan fingerprint density at radius 3 is 3.00 bits per heavy atom. The topological polar surface area (TPSA) is 59.2 Å². The molecule has 92 valence electrons. The molecule has 0 spiro atoms. The fraction of sp³-hybridized carbons (Fsp3) is 0.167. The summed E-state index contributed by atoms with van der Waals surface area (Å²) in [5.41, 5.74) is 0.538. The molecular weight excluding hydrogens is 255 g/mol. The lowest BCUT2D eigenvalue weighted by molar-refractivity contribution is 0.350. The van der Waals surface area contributed by atoms with Gasteiger partial charge >= 0.3 is 0 Å². The summed E-state index contributed by atoms with van der Waals surface area (Å²) in [6.45, 7) is -0.168. The molecule has 0 saturated heterocycles. The Kier molecular flexibility index (Phi) is 4.34. The zero-order valence-electron chi connectivity index (χ0n) is 9.26. The molecule has 6 heteroatoms. The number of hydrogen-bond donors (Lipinski definition) is 1. The lowest BCUT2D eigenvalue weighted by Crippen LogP contribution is -1.79. The van der Waals surface area contributed by atoms with Gasteiger partial charge < -0.3 is 9.52 Å². The Hall–Kier alpha value is -1.84. The largest absolute Gasteiger partial charge is 0.411 e. The summed E-state index contributed by atoms with van der Waals surface area (Å²) in [7, 11) is 0. The van der Waals surface area contributed by atoms with Gasteiger partial charge in [0.2, 0.25) is 5.89 Å². The number of halogens is 1. The average molecular weight is 264 g/mol. The van der Waals surface area contributed by atoms with Crippen molar-refractivity contribution in [1.29, 1.82) is 0 Å². The number of benzene rings is 1. The van der Waals surface area contributed by atoms with Crippen molar-refractivity contribution in [2.75, 3.05) is 12.4 Å². The molecular formula is C12H9FN2O2S. The van der Waals surface area contributed by atoms with Crippen LogP contribution in [0.25, 0.3) is 11.5 Å². The SMILES string of the molecule is OCC#CCSc1nnc(-c2cccc(F)c2)o1. The van der Waals surface area contributed by atoms with Crippen LogP contribution < -0.4 is 0 Å². The molecule has 0 bridgehead atoms. The zero-order chi connectivity index (χ0) is 12.8. The Balaban J connectivity index is 2.06. The Morgan fingerprint density at radius 1 is 1.33 bits per heavy atom. The molecule has 18 heavy (non-hydrogen) atoms. The number of aliphatic hydroxyl groups excluding tert-OH is 1. The molecule has 0 amide bonds. The smallest absolute Gasteiger partial charge is 0.277 e. The van der Waals surface area contributed by atoms with E-state index in [9.17, 15) is 4.39 Å². The minimum atomic E-state index is -0.353. The van der Waals surface area contributed by atoms with Gasteiger partial charge in [-0.3, -0.25) is 0 Å². The predicted molar refractivity (Wildman–Crippen MR) is 65.3 cm³/mol. The highest BCUT2D eigenvalue weighted by atomic mass is 32.2. The van der Waals surface area contributed by atoms with Gasteiger partial charge in [-0.05, 0) is 18.2 Å². The second kappa shape index (κ2) is 6.19. The molecule has 1 N–H and O–H groups in total. The maximum Gasteiger partial charge on any atom is 0.277 e. The number of rotatable bonds is 3. The predicted octanol–water partition coefficient (Wildman–Crippen LogP) is 1.96. The van der Waals surface area contributed by atoms with E-state index in [1.807, 2.05) is 0 Å². The highest BCUT2D eigenvalue weighted by Gasteiger charge is 2.08. The molecule has 0 unspecified atom stereocenters. The van der Waals surface area contributed by atoms with Crippen LogP contribution in [0.4, 0.5) is 4.39 Å². The summed E-state index contributed by atoms with van der Waals surface area (Å²) < 4.78 is 18.4. The van der Waals surface area contributed by atoms with E-state index in [1.165, 1.54) is 23.9 Å². The molecule has 2 aromatic rings. The van der Waals surface area contributed by atoms with Crippen LogP contribution in [0.5, 0.6) is 0 Å². The minimum absolute atomic E-state index is 0.168. The van der Waals surface area contributed by atoms with E-state index in [0.717, 1.165) is 0 Å². The van der Waals surface area contributed by atoms with Crippen molar-refractivity contribution in [3.8, 4) is 23.3 Å². The van der Waals surface area contributed by atoms with E-state index in [1.54, 1.807) is 12.1 Å². The monoisotopic (exact) mass is 264 g/mol. The van der Waals surface area contributed by atoms with Crippen molar-refractivity contribution >= 4 is 11.8 Å². The Morgan fingerprint density at radius 2 is 2.22 bits per heavy atom. The van der Waals surface area contributed by atoms with Gasteiger partial charge in [-0.2, -0.15) is 0 Å². The van der Waals surface area contributed by atoms with Crippen LogP contribution in [0, 0.1) is 17.7 Å². The van der Waals surface area contributed by atoms with Crippen molar-refractivity contribution in [3.05, 3.63) is 30.1 Å². The van der Waals surface area contributed by atoms with Crippen molar-refractivity contribution in [2.45, 2.75) is 5.22 Å². The molecule has 2 rings (SSSR count). The Labute approximate surface area is 107 Å². The summed E-state index contributed by atoms with van der Waals surface area (Å²) in [5, 5.41) is 16.5. The number of hydrogen-bond acceptors (Lipinski definition) is 5. The lowest BCUT2D eigenvalue weighted by atomic mass is 10.2. The number of thioether (sulfide) groups is 1. The summed E-state index contributed by atoms with van der Waals surface area (Å²) >= 11 is 1.26. The van der Waals surface area contributed by atoms with Gasteiger partial charge in [-0.15, -0.1) is 10.2 Å². The van der Waals surface area contributed by atoms with Gasteiger partial charge in [-0.1, -0.05) is 29.7 Å². The van der Waals surface area contributed by atoms with E-state index in [0.29, 0.717) is 16.5 Å². The second-order valence-corrected chi connectivity index (χ2v) is 4.11. The molecule has 0 fully saturated rings. The summed E-state index contributed by atoms with van der Waals surface area (Å²) in [6, 6.07) is 5.94. The molecule has 4 nitrogen and oxygen atoms in total. The first-order valence-electron chi connectivity index (χ1n) is 5.08. The number of nitrogens with zero attached hydrogens (tertiary/aromatic N) is 2. The third-order valence-corrected chi connectivity index (χ3v) is 2.65. The molecule has 0 aliphatic rings. The van der Waals surface area contributed by atoms with Gasteiger partial charge in [0.25, 0.3) is 5.22 Å². The van der Waals surface area contributed by atoms with Crippen LogP contribution in [-0.4, -0.2) is 27.7 Å². The quantitative estimate of drug-likeness (QED) is 0.678. The van der Waals surface area contributed by atoms with Gasteiger partial charge in [0.05, 0.1) is 5.75 Å². The average Bonchev–Trinajstić information content (AvgIpc) is 2.83.